The molecule has 4 unspecified atom stereocenters. The third-order valence-electron chi connectivity index (χ3n) is 6.83. The number of amides is 1. The molecule has 0 bridgehead atoms. The van der Waals surface area contributed by atoms with E-state index >= 15 is 0 Å². The Morgan fingerprint density at radius 1 is 0.829 bits per heavy atom. The van der Waals surface area contributed by atoms with E-state index in [0.29, 0.717) is 6.42 Å². The summed E-state index contributed by atoms with van der Waals surface area (Å²) >= 11 is 0. The molecule has 0 saturated heterocycles. The largest absolute Gasteiger partial charge is 0.472 e. The summed E-state index contributed by atoms with van der Waals surface area (Å²) in [6, 6.07) is -0.982. The third kappa shape index (κ3) is 26.3. The minimum atomic E-state index is -4.38. The second kappa shape index (κ2) is 27.8. The summed E-state index contributed by atoms with van der Waals surface area (Å²) in [5.74, 6) is -0.465. The maximum atomic E-state index is 12.6. The summed E-state index contributed by atoms with van der Waals surface area (Å²) in [7, 11) is -4.38. The van der Waals surface area contributed by atoms with Crippen molar-refractivity contribution < 1.29 is 33.5 Å². The zero-order chi connectivity index (χ0) is 30.6. The van der Waals surface area contributed by atoms with Crippen LogP contribution in [0.4, 0.5) is 0 Å². The van der Waals surface area contributed by atoms with Gasteiger partial charge in [0.25, 0.3) is 0 Å². The van der Waals surface area contributed by atoms with Gasteiger partial charge in [0, 0.05) is 6.54 Å². The van der Waals surface area contributed by atoms with Crippen molar-refractivity contribution in [1.29, 1.82) is 0 Å². The van der Waals surface area contributed by atoms with Gasteiger partial charge in [-0.25, -0.2) is 4.57 Å². The highest BCUT2D eigenvalue weighted by Gasteiger charge is 2.27. The van der Waals surface area contributed by atoms with Gasteiger partial charge < -0.3 is 26.2 Å². The maximum absolute atomic E-state index is 12.6. The Kier molecular flexibility index (Phi) is 27.0. The summed E-state index contributed by atoms with van der Waals surface area (Å²) in [5.41, 5.74) is 5.31. The number of aliphatic hydroxyl groups excluding tert-OH is 2. The molecule has 0 rings (SSSR count). The number of carbonyl (C=O) groups excluding carboxylic acids is 1. The predicted molar refractivity (Wildman–Crippen MR) is 167 cm³/mol. The molecular formula is C31H61N2O7P. The molecule has 4 atom stereocenters. The molecule has 0 aromatic rings. The maximum Gasteiger partial charge on any atom is 0.472 e. The second-order valence-electron chi connectivity index (χ2n) is 10.9. The van der Waals surface area contributed by atoms with Crippen molar-refractivity contribution in [3.8, 4) is 0 Å². The van der Waals surface area contributed by atoms with Crippen molar-refractivity contribution in [3.63, 3.8) is 0 Å². The normalized spacial score (nSPS) is 15.8. The lowest BCUT2D eigenvalue weighted by Crippen LogP contribution is -2.46. The number of hydrogen-bond donors (Lipinski definition) is 5. The van der Waals surface area contributed by atoms with Gasteiger partial charge in [-0.15, -0.1) is 0 Å². The fraction of sp³-hybridized carbons (Fsp3) is 0.839. The Labute approximate surface area is 250 Å². The van der Waals surface area contributed by atoms with E-state index in [2.05, 4.69) is 31.3 Å². The lowest BCUT2D eigenvalue weighted by Gasteiger charge is -2.24. The molecule has 0 fully saturated rings. The number of rotatable bonds is 29. The summed E-state index contributed by atoms with van der Waals surface area (Å²) in [6.07, 6.45) is 24.2. The number of allylic oxidation sites excluding steroid dienone is 3. The van der Waals surface area contributed by atoms with Crippen LogP contribution in [0.25, 0.3) is 0 Å². The van der Waals surface area contributed by atoms with Gasteiger partial charge in [0.15, 0.2) is 0 Å². The van der Waals surface area contributed by atoms with Crippen LogP contribution in [0, 0.1) is 0 Å². The van der Waals surface area contributed by atoms with Crippen LogP contribution in [0.15, 0.2) is 24.3 Å². The topological polar surface area (TPSA) is 151 Å². The molecule has 0 aromatic carbocycles. The molecule has 0 spiro atoms. The standard InChI is InChI=1S/C31H61N2O7P/c1-3-5-7-9-11-13-14-15-17-19-21-23-30(35)29(27-40-41(37,38)39-25-24-32)33-31(36)26-28(34)22-20-18-16-12-10-8-6-4-2/h10,12,21,23,28-30,34-35H,3-9,11,13-20,22,24-27,32H2,1-2H3,(H,33,36)(H,37,38)/b12-10-,23-21+. The monoisotopic (exact) mass is 604 g/mol. The van der Waals surface area contributed by atoms with E-state index in [1.54, 1.807) is 6.08 Å². The highest BCUT2D eigenvalue weighted by molar-refractivity contribution is 7.47. The fourth-order valence-electron chi connectivity index (χ4n) is 4.33. The van der Waals surface area contributed by atoms with Crippen LogP contribution in [-0.2, 0) is 18.4 Å². The van der Waals surface area contributed by atoms with E-state index in [-0.39, 0.29) is 19.6 Å². The molecule has 6 N–H and O–H groups in total. The van der Waals surface area contributed by atoms with Gasteiger partial charge in [-0.1, -0.05) is 109 Å². The van der Waals surface area contributed by atoms with Gasteiger partial charge in [0.1, 0.15) is 0 Å². The number of aliphatic hydroxyl groups is 2. The van der Waals surface area contributed by atoms with Gasteiger partial charge in [-0.2, -0.15) is 0 Å². The zero-order valence-corrected chi connectivity index (χ0v) is 26.8. The van der Waals surface area contributed by atoms with Crippen LogP contribution in [0.5, 0.6) is 0 Å². The number of unbranched alkanes of at least 4 members (excludes halogenated alkanes) is 13. The van der Waals surface area contributed by atoms with Gasteiger partial charge in [-0.3, -0.25) is 13.8 Å². The van der Waals surface area contributed by atoms with Crippen molar-refractivity contribution in [2.75, 3.05) is 19.8 Å². The summed E-state index contributed by atoms with van der Waals surface area (Å²) in [4.78, 5) is 22.4. The average Bonchev–Trinajstić information content (AvgIpc) is 2.94. The van der Waals surface area contributed by atoms with Crippen LogP contribution in [0.1, 0.15) is 129 Å². The van der Waals surface area contributed by atoms with Crippen molar-refractivity contribution in [2.24, 2.45) is 5.73 Å². The number of phosphoric acid groups is 1. The number of nitrogens with one attached hydrogen (secondary N) is 1. The first-order valence-corrected chi connectivity index (χ1v) is 17.5. The van der Waals surface area contributed by atoms with Crippen LogP contribution in [0.2, 0.25) is 0 Å². The third-order valence-corrected chi connectivity index (χ3v) is 7.81. The summed E-state index contributed by atoms with van der Waals surface area (Å²) < 4.78 is 21.8. The molecule has 9 nitrogen and oxygen atoms in total. The highest BCUT2D eigenvalue weighted by atomic mass is 31.2. The lowest BCUT2D eigenvalue weighted by atomic mass is 10.1. The van der Waals surface area contributed by atoms with Crippen LogP contribution in [-0.4, -0.2) is 59.0 Å². The average molecular weight is 605 g/mol. The molecule has 0 heterocycles. The van der Waals surface area contributed by atoms with Gasteiger partial charge in [-0.05, 0) is 38.5 Å². The molecule has 0 radical (unpaired) electrons. The first-order chi connectivity index (χ1) is 19.8. The fourth-order valence-corrected chi connectivity index (χ4v) is 5.09. The second-order valence-corrected chi connectivity index (χ2v) is 12.3. The SMILES string of the molecule is CCCC/C=C\CCCCC(O)CC(=O)NC(COP(=O)(O)OCCN)C(O)/C=C/CCCCCCCCCCC. The lowest BCUT2D eigenvalue weighted by molar-refractivity contribution is -0.124. The van der Waals surface area contributed by atoms with Crippen molar-refractivity contribution >= 4 is 13.7 Å². The first kappa shape index (κ1) is 39.9. The van der Waals surface area contributed by atoms with E-state index in [4.69, 9.17) is 14.8 Å². The van der Waals surface area contributed by atoms with Gasteiger partial charge >= 0.3 is 7.82 Å². The minimum Gasteiger partial charge on any atom is -0.393 e. The van der Waals surface area contributed by atoms with Crippen molar-refractivity contribution in [2.45, 2.75) is 148 Å². The Balaban J connectivity index is 4.62. The quantitative estimate of drug-likeness (QED) is 0.0371. The van der Waals surface area contributed by atoms with E-state index in [1.807, 2.05) is 6.08 Å². The smallest absolute Gasteiger partial charge is 0.393 e. The van der Waals surface area contributed by atoms with Gasteiger partial charge in [0.05, 0.1) is 37.9 Å². The van der Waals surface area contributed by atoms with Crippen molar-refractivity contribution in [3.05, 3.63) is 24.3 Å². The summed E-state index contributed by atoms with van der Waals surface area (Å²) in [6.45, 7) is 3.84. The van der Waals surface area contributed by atoms with E-state index in [9.17, 15) is 24.5 Å². The molecule has 0 saturated carbocycles. The molecule has 1 amide bonds. The molecule has 0 aliphatic heterocycles. The number of nitrogens with two attached hydrogens (primary N) is 1. The van der Waals surface area contributed by atoms with Crippen LogP contribution in [0.3, 0.4) is 0 Å². The molecular weight excluding hydrogens is 543 g/mol. The Morgan fingerprint density at radius 3 is 2.02 bits per heavy atom. The van der Waals surface area contributed by atoms with Crippen molar-refractivity contribution in [1.82, 2.24) is 5.32 Å². The number of hydrogen-bond acceptors (Lipinski definition) is 7. The highest BCUT2D eigenvalue weighted by Crippen LogP contribution is 2.43. The Hall–Kier alpha value is -1.06. The molecule has 0 aliphatic carbocycles. The van der Waals surface area contributed by atoms with E-state index in [0.717, 1.165) is 44.9 Å². The van der Waals surface area contributed by atoms with E-state index < -0.39 is 38.6 Å². The minimum absolute atomic E-state index is 0.0470. The Bertz CT molecular complexity index is 721. The number of carbonyl (C=O) groups is 1. The van der Waals surface area contributed by atoms with E-state index in [1.165, 1.54) is 57.8 Å². The van der Waals surface area contributed by atoms with Crippen LogP contribution < -0.4 is 11.1 Å². The molecule has 0 aromatic heterocycles. The molecule has 41 heavy (non-hydrogen) atoms. The van der Waals surface area contributed by atoms with Crippen LogP contribution >= 0.6 is 7.82 Å². The summed E-state index contributed by atoms with van der Waals surface area (Å²) in [5, 5.41) is 23.7. The Morgan fingerprint density at radius 2 is 1.39 bits per heavy atom. The molecule has 0 aliphatic rings. The number of phosphoric ester groups is 1. The molecule has 10 heteroatoms. The predicted octanol–water partition coefficient (Wildman–Crippen LogP) is 6.46. The molecule has 242 valence electrons. The first-order valence-electron chi connectivity index (χ1n) is 16.0. The van der Waals surface area contributed by atoms with Gasteiger partial charge in [0.2, 0.25) is 5.91 Å². The zero-order valence-electron chi connectivity index (χ0n) is 25.9.